The monoisotopic (exact) mass is 419 g/mol. The molecule has 4 nitrogen and oxygen atoms in total. The Balaban J connectivity index is 1.61. The van der Waals surface area contributed by atoms with Crippen molar-refractivity contribution in [1.29, 1.82) is 0 Å². The number of carbonyl (C=O) groups is 2. The molecule has 1 N–H and O–H groups in total. The second-order valence-corrected chi connectivity index (χ2v) is 7.60. The Hall–Kier alpha value is -3.47. The van der Waals surface area contributed by atoms with Crippen molar-refractivity contribution < 1.29 is 18.7 Å². The van der Waals surface area contributed by atoms with Crippen LogP contribution in [0.1, 0.15) is 43.0 Å². The summed E-state index contributed by atoms with van der Waals surface area (Å²) in [6, 6.07) is 17.1. The molecular formula is C26H26FNO3. The van der Waals surface area contributed by atoms with Gasteiger partial charge in [0.05, 0.1) is 5.56 Å². The molecule has 160 valence electrons. The summed E-state index contributed by atoms with van der Waals surface area (Å²) in [6.07, 6.45) is 0.675. The van der Waals surface area contributed by atoms with Crippen LogP contribution in [-0.2, 0) is 11.2 Å². The highest BCUT2D eigenvalue weighted by Crippen LogP contribution is 2.19. The SMILES string of the molecule is Cc1cc(C)c(C(=O)COC(=O)c2ccccc2NCCc2ccc(F)cc2)cc1C. The molecular weight excluding hydrogens is 393 g/mol. The summed E-state index contributed by atoms with van der Waals surface area (Å²) in [5, 5.41) is 3.22. The van der Waals surface area contributed by atoms with Crippen LogP contribution < -0.4 is 5.32 Å². The molecule has 0 aromatic heterocycles. The van der Waals surface area contributed by atoms with E-state index < -0.39 is 5.97 Å². The zero-order chi connectivity index (χ0) is 22.4. The fraction of sp³-hybridized carbons (Fsp3) is 0.231. The van der Waals surface area contributed by atoms with Gasteiger partial charge in [-0.3, -0.25) is 4.79 Å². The molecule has 5 heteroatoms. The number of carbonyl (C=O) groups excluding carboxylic acids is 2. The van der Waals surface area contributed by atoms with Gasteiger partial charge in [-0.25, -0.2) is 9.18 Å². The first-order valence-electron chi connectivity index (χ1n) is 10.2. The van der Waals surface area contributed by atoms with Crippen molar-refractivity contribution in [2.45, 2.75) is 27.2 Å². The maximum Gasteiger partial charge on any atom is 0.340 e. The lowest BCUT2D eigenvalue weighted by atomic mass is 9.98. The minimum Gasteiger partial charge on any atom is -0.454 e. The van der Waals surface area contributed by atoms with E-state index in [1.165, 1.54) is 12.1 Å². The highest BCUT2D eigenvalue weighted by Gasteiger charge is 2.16. The van der Waals surface area contributed by atoms with E-state index in [1.807, 2.05) is 39.0 Å². The number of esters is 1. The number of hydrogen-bond acceptors (Lipinski definition) is 4. The lowest BCUT2D eigenvalue weighted by molar-refractivity contribution is 0.0475. The number of ether oxygens (including phenoxy) is 1. The van der Waals surface area contributed by atoms with Crippen molar-refractivity contribution in [1.82, 2.24) is 0 Å². The Morgan fingerprint density at radius 1 is 0.871 bits per heavy atom. The lowest BCUT2D eigenvalue weighted by Crippen LogP contribution is -2.17. The molecule has 0 saturated heterocycles. The minimum atomic E-state index is -0.556. The van der Waals surface area contributed by atoms with Gasteiger partial charge in [0.2, 0.25) is 5.78 Å². The van der Waals surface area contributed by atoms with Gasteiger partial charge in [0.25, 0.3) is 0 Å². The first kappa shape index (κ1) is 22.2. The van der Waals surface area contributed by atoms with Crippen LogP contribution >= 0.6 is 0 Å². The van der Waals surface area contributed by atoms with Gasteiger partial charge in [-0.1, -0.05) is 30.3 Å². The number of hydrogen-bond donors (Lipinski definition) is 1. The molecule has 0 atom stereocenters. The van der Waals surface area contributed by atoms with Crippen LogP contribution in [0.5, 0.6) is 0 Å². The Kier molecular flexibility index (Phi) is 7.19. The van der Waals surface area contributed by atoms with Crippen molar-refractivity contribution in [3.05, 3.63) is 99.9 Å². The van der Waals surface area contributed by atoms with Crippen LogP contribution in [0, 0.1) is 26.6 Å². The first-order valence-corrected chi connectivity index (χ1v) is 10.2. The van der Waals surface area contributed by atoms with Gasteiger partial charge in [-0.2, -0.15) is 0 Å². The first-order chi connectivity index (χ1) is 14.8. The van der Waals surface area contributed by atoms with Gasteiger partial charge in [-0.05, 0) is 79.8 Å². The molecule has 3 aromatic carbocycles. The van der Waals surface area contributed by atoms with Crippen LogP contribution in [0.2, 0.25) is 0 Å². The predicted molar refractivity (Wildman–Crippen MR) is 120 cm³/mol. The normalized spacial score (nSPS) is 10.6. The van der Waals surface area contributed by atoms with Gasteiger partial charge in [0.15, 0.2) is 6.61 Å². The maximum atomic E-state index is 13.0. The topological polar surface area (TPSA) is 55.4 Å². The molecule has 0 unspecified atom stereocenters. The molecule has 0 radical (unpaired) electrons. The smallest absolute Gasteiger partial charge is 0.340 e. The highest BCUT2D eigenvalue weighted by molar-refractivity contribution is 6.01. The fourth-order valence-corrected chi connectivity index (χ4v) is 3.36. The minimum absolute atomic E-state index is 0.226. The van der Waals surface area contributed by atoms with Crippen LogP contribution in [0.3, 0.4) is 0 Å². The fourth-order valence-electron chi connectivity index (χ4n) is 3.36. The van der Waals surface area contributed by atoms with E-state index >= 15 is 0 Å². The highest BCUT2D eigenvalue weighted by atomic mass is 19.1. The Bertz CT molecular complexity index is 1090. The van der Waals surface area contributed by atoms with Crippen molar-refractivity contribution in [3.63, 3.8) is 0 Å². The molecule has 0 aliphatic heterocycles. The average Bonchev–Trinajstić information content (AvgIpc) is 2.76. The van der Waals surface area contributed by atoms with Gasteiger partial charge in [-0.15, -0.1) is 0 Å². The second-order valence-electron chi connectivity index (χ2n) is 7.60. The number of Topliss-reactive ketones (excluding diaryl/α,β-unsaturated/α-hetero) is 1. The van der Waals surface area contributed by atoms with E-state index in [4.69, 9.17) is 4.74 Å². The number of aryl methyl sites for hydroxylation is 3. The average molecular weight is 419 g/mol. The number of benzene rings is 3. The summed E-state index contributed by atoms with van der Waals surface area (Å²) in [5.74, 6) is -1.05. The Morgan fingerprint density at radius 3 is 2.29 bits per heavy atom. The third-order valence-electron chi connectivity index (χ3n) is 5.26. The van der Waals surface area contributed by atoms with Crippen molar-refractivity contribution >= 4 is 17.4 Å². The van der Waals surface area contributed by atoms with Crippen molar-refractivity contribution in [2.75, 3.05) is 18.5 Å². The van der Waals surface area contributed by atoms with E-state index in [0.717, 1.165) is 22.3 Å². The molecule has 0 spiro atoms. The Labute approximate surface area is 182 Å². The van der Waals surface area contributed by atoms with Crippen LogP contribution in [0.25, 0.3) is 0 Å². The van der Waals surface area contributed by atoms with E-state index in [-0.39, 0.29) is 18.2 Å². The van der Waals surface area contributed by atoms with Gasteiger partial charge >= 0.3 is 5.97 Å². The van der Waals surface area contributed by atoms with Crippen LogP contribution in [0.15, 0.2) is 60.7 Å². The number of para-hydroxylation sites is 1. The molecule has 3 aromatic rings. The molecule has 0 amide bonds. The molecule has 0 heterocycles. The van der Waals surface area contributed by atoms with Crippen LogP contribution in [0.4, 0.5) is 10.1 Å². The van der Waals surface area contributed by atoms with Crippen molar-refractivity contribution in [2.24, 2.45) is 0 Å². The summed E-state index contributed by atoms with van der Waals surface area (Å²) in [5.41, 5.74) is 5.57. The largest absolute Gasteiger partial charge is 0.454 e. The molecule has 0 fully saturated rings. The lowest BCUT2D eigenvalue weighted by Gasteiger charge is -2.13. The molecule has 0 saturated carbocycles. The van der Waals surface area contributed by atoms with E-state index in [1.54, 1.807) is 30.3 Å². The van der Waals surface area contributed by atoms with E-state index in [9.17, 15) is 14.0 Å². The standard InChI is InChI=1S/C26H26FNO3/c1-17-14-19(3)23(15-18(17)2)25(29)16-31-26(30)22-6-4-5-7-24(22)28-13-12-20-8-10-21(27)11-9-20/h4-11,14-15,28H,12-13,16H2,1-3H3. The van der Waals surface area contributed by atoms with Gasteiger partial charge in [0.1, 0.15) is 5.82 Å². The summed E-state index contributed by atoms with van der Waals surface area (Å²) in [4.78, 5) is 25.2. The maximum absolute atomic E-state index is 13.0. The molecule has 31 heavy (non-hydrogen) atoms. The van der Waals surface area contributed by atoms with E-state index in [2.05, 4.69) is 5.32 Å². The Morgan fingerprint density at radius 2 is 1.55 bits per heavy atom. The quantitative estimate of drug-likeness (QED) is 0.390. The summed E-state index contributed by atoms with van der Waals surface area (Å²) in [6.45, 7) is 6.08. The molecule has 0 aliphatic rings. The summed E-state index contributed by atoms with van der Waals surface area (Å²) < 4.78 is 18.3. The van der Waals surface area contributed by atoms with Gasteiger partial charge in [0, 0.05) is 17.8 Å². The number of rotatable bonds is 8. The summed E-state index contributed by atoms with van der Waals surface area (Å²) >= 11 is 0. The zero-order valence-electron chi connectivity index (χ0n) is 18.0. The predicted octanol–water partition coefficient (Wildman–Crippen LogP) is 5.45. The number of anilines is 1. The zero-order valence-corrected chi connectivity index (χ0v) is 18.0. The van der Waals surface area contributed by atoms with E-state index in [0.29, 0.717) is 29.8 Å². The molecule has 0 aliphatic carbocycles. The third kappa shape index (κ3) is 5.79. The third-order valence-corrected chi connectivity index (χ3v) is 5.26. The van der Waals surface area contributed by atoms with Gasteiger partial charge < -0.3 is 10.1 Å². The van der Waals surface area contributed by atoms with Crippen LogP contribution in [-0.4, -0.2) is 24.9 Å². The molecule has 3 rings (SSSR count). The summed E-state index contributed by atoms with van der Waals surface area (Å²) in [7, 11) is 0. The number of halogens is 1. The number of nitrogens with one attached hydrogen (secondary N) is 1. The van der Waals surface area contributed by atoms with Crippen molar-refractivity contribution in [3.8, 4) is 0 Å². The molecule has 0 bridgehead atoms. The second kappa shape index (κ2) is 10.0. The number of ketones is 1.